The van der Waals surface area contributed by atoms with Gasteiger partial charge in [0.15, 0.2) is 0 Å². The van der Waals surface area contributed by atoms with Crippen molar-refractivity contribution in [3.63, 3.8) is 0 Å². The summed E-state index contributed by atoms with van der Waals surface area (Å²) in [7, 11) is 0. The van der Waals surface area contributed by atoms with Crippen molar-refractivity contribution in [1.82, 2.24) is 0 Å². The average molecular weight is 194 g/mol. The van der Waals surface area contributed by atoms with E-state index >= 15 is 0 Å². The molecule has 53 valence electrons. The van der Waals surface area contributed by atoms with Crippen LogP contribution in [0.5, 0.6) is 0 Å². The Balaban J connectivity index is 0. The van der Waals surface area contributed by atoms with E-state index in [4.69, 9.17) is 0 Å². The summed E-state index contributed by atoms with van der Waals surface area (Å²) in [5.41, 5.74) is 0. The maximum absolute atomic E-state index is 0. The van der Waals surface area contributed by atoms with Gasteiger partial charge in [0.05, 0.1) is 0 Å². The SMILES string of the molecule is O.O.O.O.[Cu].[Ni]. The third-order valence-electron chi connectivity index (χ3n) is 0. The summed E-state index contributed by atoms with van der Waals surface area (Å²) in [4.78, 5) is 0. The third kappa shape index (κ3) is 99.0. The second-order valence-corrected chi connectivity index (χ2v) is 0. The fourth-order valence-corrected chi connectivity index (χ4v) is 0. The van der Waals surface area contributed by atoms with Crippen molar-refractivity contribution in [3.05, 3.63) is 0 Å². The summed E-state index contributed by atoms with van der Waals surface area (Å²) in [6.07, 6.45) is 0. The zero-order valence-corrected chi connectivity index (χ0v) is 4.55. The van der Waals surface area contributed by atoms with Gasteiger partial charge in [0, 0.05) is 33.6 Å². The first-order chi connectivity index (χ1) is 0. The molecular formula is H8CuNiO4. The predicted octanol–water partition coefficient (Wildman–Crippen LogP) is -3.30. The van der Waals surface area contributed by atoms with Crippen LogP contribution in [0.15, 0.2) is 0 Å². The van der Waals surface area contributed by atoms with Crippen LogP contribution in [0.2, 0.25) is 0 Å². The Bertz CT molecular complexity index is 7.51. The van der Waals surface area contributed by atoms with Gasteiger partial charge in [-0.1, -0.05) is 0 Å². The van der Waals surface area contributed by atoms with E-state index in [2.05, 4.69) is 0 Å². The van der Waals surface area contributed by atoms with Crippen molar-refractivity contribution >= 4 is 0 Å². The molecule has 0 aliphatic rings. The van der Waals surface area contributed by atoms with Gasteiger partial charge in [-0.2, -0.15) is 0 Å². The largest absolute Gasteiger partial charge is 0.412 e. The summed E-state index contributed by atoms with van der Waals surface area (Å²) < 4.78 is 0. The van der Waals surface area contributed by atoms with Gasteiger partial charge >= 0.3 is 0 Å². The van der Waals surface area contributed by atoms with Crippen LogP contribution in [0.1, 0.15) is 0 Å². The van der Waals surface area contributed by atoms with Crippen molar-refractivity contribution in [3.8, 4) is 0 Å². The number of hydrogen-bond donors (Lipinski definition) is 0. The first-order valence-electron chi connectivity index (χ1n) is 0. The Morgan fingerprint density at radius 3 is 0.500 bits per heavy atom. The van der Waals surface area contributed by atoms with E-state index in [0.29, 0.717) is 0 Å². The topological polar surface area (TPSA) is 126 Å². The molecule has 6 heavy (non-hydrogen) atoms. The Morgan fingerprint density at radius 1 is 0.500 bits per heavy atom. The Kier molecular flexibility index (Phi) is 10200. The van der Waals surface area contributed by atoms with Crippen LogP contribution in [0, 0.1) is 0 Å². The molecule has 0 unspecified atom stereocenters. The quantitative estimate of drug-likeness (QED) is 0.358. The third-order valence-corrected chi connectivity index (χ3v) is 0. The molecule has 0 spiro atoms. The van der Waals surface area contributed by atoms with Crippen LogP contribution in [0.25, 0.3) is 0 Å². The van der Waals surface area contributed by atoms with E-state index < -0.39 is 0 Å². The molecule has 8 N–H and O–H groups in total. The Morgan fingerprint density at radius 2 is 0.500 bits per heavy atom. The van der Waals surface area contributed by atoms with Gasteiger partial charge in [0.25, 0.3) is 0 Å². The van der Waals surface area contributed by atoms with E-state index in [0.717, 1.165) is 0 Å². The zero-order valence-electron chi connectivity index (χ0n) is 2.62. The van der Waals surface area contributed by atoms with Gasteiger partial charge in [-0.3, -0.25) is 0 Å². The monoisotopic (exact) mass is 193 g/mol. The van der Waals surface area contributed by atoms with E-state index in [1.54, 1.807) is 0 Å². The summed E-state index contributed by atoms with van der Waals surface area (Å²) in [5.74, 6) is 0. The molecule has 0 atom stereocenters. The fraction of sp³-hybridized carbons (Fsp3) is 0. The molecular weight excluding hydrogens is 186 g/mol. The fourth-order valence-electron chi connectivity index (χ4n) is 0. The van der Waals surface area contributed by atoms with Crippen molar-refractivity contribution in [2.75, 3.05) is 0 Å². The predicted molar refractivity (Wildman–Crippen MR) is 14.5 cm³/mol. The summed E-state index contributed by atoms with van der Waals surface area (Å²) >= 11 is 0. The van der Waals surface area contributed by atoms with Crippen molar-refractivity contribution in [1.29, 1.82) is 0 Å². The Hall–Kier alpha value is 0.853. The average Bonchev–Trinajstić information content (AvgIpc) is 0. The molecule has 4 nitrogen and oxygen atoms in total. The van der Waals surface area contributed by atoms with Crippen LogP contribution in [0.4, 0.5) is 0 Å². The van der Waals surface area contributed by atoms with Gasteiger partial charge in [0.2, 0.25) is 0 Å². The summed E-state index contributed by atoms with van der Waals surface area (Å²) in [6.45, 7) is 0. The van der Waals surface area contributed by atoms with Crippen LogP contribution < -0.4 is 0 Å². The van der Waals surface area contributed by atoms with Crippen molar-refractivity contribution < 1.29 is 55.5 Å². The molecule has 0 saturated carbocycles. The molecule has 0 heterocycles. The van der Waals surface area contributed by atoms with Gasteiger partial charge in [0.1, 0.15) is 0 Å². The van der Waals surface area contributed by atoms with Crippen LogP contribution >= 0.6 is 0 Å². The minimum Gasteiger partial charge on any atom is -0.412 e. The second kappa shape index (κ2) is 189. The maximum Gasteiger partial charge on any atom is 0 e. The molecule has 0 aromatic carbocycles. The summed E-state index contributed by atoms with van der Waals surface area (Å²) in [6, 6.07) is 0. The minimum atomic E-state index is 0. The standard InChI is InChI=1S/Cu.Ni.4H2O/h;;4*1H2. The van der Waals surface area contributed by atoms with E-state index in [1.165, 1.54) is 0 Å². The van der Waals surface area contributed by atoms with Gasteiger partial charge in [-0.05, 0) is 0 Å². The van der Waals surface area contributed by atoms with Crippen LogP contribution in [-0.2, 0) is 33.6 Å². The van der Waals surface area contributed by atoms with Gasteiger partial charge in [-0.25, -0.2) is 0 Å². The van der Waals surface area contributed by atoms with Gasteiger partial charge in [-0.15, -0.1) is 0 Å². The first-order valence-corrected chi connectivity index (χ1v) is 0. The van der Waals surface area contributed by atoms with Crippen LogP contribution in [0.3, 0.4) is 0 Å². The van der Waals surface area contributed by atoms with Crippen molar-refractivity contribution in [2.45, 2.75) is 0 Å². The van der Waals surface area contributed by atoms with Crippen LogP contribution in [-0.4, -0.2) is 21.9 Å². The molecule has 0 fully saturated rings. The second-order valence-electron chi connectivity index (χ2n) is 0. The van der Waals surface area contributed by atoms with E-state index in [1.807, 2.05) is 0 Å². The normalized spacial score (nSPS) is 0. The molecule has 0 bridgehead atoms. The molecule has 0 amide bonds. The molecule has 0 aliphatic carbocycles. The molecule has 0 saturated heterocycles. The minimum absolute atomic E-state index is 0. The zero-order chi connectivity index (χ0) is 0. The van der Waals surface area contributed by atoms with Crippen molar-refractivity contribution in [2.24, 2.45) is 0 Å². The summed E-state index contributed by atoms with van der Waals surface area (Å²) in [5, 5.41) is 0. The van der Waals surface area contributed by atoms with E-state index in [9.17, 15) is 0 Å². The maximum atomic E-state index is 0. The van der Waals surface area contributed by atoms with Gasteiger partial charge < -0.3 is 21.9 Å². The van der Waals surface area contributed by atoms with E-state index in [-0.39, 0.29) is 55.5 Å². The molecule has 0 rings (SSSR count). The smallest absolute Gasteiger partial charge is 0 e. The molecule has 0 aromatic heterocycles. The molecule has 1 radical (unpaired) electrons. The Labute approximate surface area is 55.9 Å². The number of hydrogen-bond acceptors (Lipinski definition) is 0. The molecule has 0 aromatic rings. The molecule has 0 aliphatic heterocycles. The first kappa shape index (κ1) is 323. The number of rotatable bonds is 0. The molecule has 6 heteroatoms.